The largest absolute Gasteiger partial charge is 0.478 e. The summed E-state index contributed by atoms with van der Waals surface area (Å²) < 4.78 is 0. The molecule has 1 saturated heterocycles. The Morgan fingerprint density at radius 1 is 1.19 bits per heavy atom. The van der Waals surface area contributed by atoms with E-state index in [-0.39, 0.29) is 17.4 Å². The van der Waals surface area contributed by atoms with Crippen molar-refractivity contribution >= 4 is 11.9 Å². The Hall–Kier alpha value is -2.69. The van der Waals surface area contributed by atoms with E-state index < -0.39 is 11.4 Å². The molecule has 27 heavy (non-hydrogen) atoms. The third-order valence-electron chi connectivity index (χ3n) is 5.02. The monoisotopic (exact) mass is 366 g/mol. The molecule has 5 nitrogen and oxygen atoms in total. The maximum Gasteiger partial charge on any atom is 0.336 e. The maximum atomic E-state index is 12.6. The van der Waals surface area contributed by atoms with Crippen LogP contribution in [0.2, 0.25) is 0 Å². The zero-order valence-corrected chi connectivity index (χ0v) is 16.1. The Bertz CT molecular complexity index is 855. The summed E-state index contributed by atoms with van der Waals surface area (Å²) in [6, 6.07) is 10.8. The van der Waals surface area contributed by atoms with Crippen LogP contribution >= 0.6 is 0 Å². The zero-order valence-electron chi connectivity index (χ0n) is 16.1. The molecular formula is C22H26N2O3. The molecular weight excluding hydrogens is 340 g/mol. The van der Waals surface area contributed by atoms with E-state index in [0.717, 1.165) is 30.6 Å². The third-order valence-corrected chi connectivity index (χ3v) is 5.02. The minimum Gasteiger partial charge on any atom is -0.478 e. The number of carbonyl (C=O) groups is 2. The topological polar surface area (TPSA) is 70.5 Å². The molecule has 3 rings (SSSR count). The lowest BCUT2D eigenvalue weighted by Gasteiger charge is -2.36. The highest BCUT2D eigenvalue weighted by atomic mass is 16.4. The lowest BCUT2D eigenvalue weighted by molar-refractivity contribution is -0.140. The molecule has 2 aromatic rings. The quantitative estimate of drug-likeness (QED) is 0.884. The summed E-state index contributed by atoms with van der Waals surface area (Å²) in [4.78, 5) is 30.7. The molecule has 0 aliphatic carbocycles. The Kier molecular flexibility index (Phi) is 5.31. The number of piperidine rings is 1. The molecule has 1 aliphatic rings. The van der Waals surface area contributed by atoms with Crippen molar-refractivity contribution in [3.05, 3.63) is 53.9 Å². The fraction of sp³-hybridized carbons (Fsp3) is 0.409. The molecule has 0 radical (unpaired) electrons. The van der Waals surface area contributed by atoms with Crippen LogP contribution < -0.4 is 0 Å². The van der Waals surface area contributed by atoms with Gasteiger partial charge in [0.25, 0.3) is 0 Å². The van der Waals surface area contributed by atoms with E-state index in [4.69, 9.17) is 0 Å². The van der Waals surface area contributed by atoms with E-state index >= 15 is 0 Å². The first-order valence-corrected chi connectivity index (χ1v) is 9.35. The number of carbonyl (C=O) groups excluding carboxylic acids is 1. The first kappa shape index (κ1) is 19.1. The standard InChI is InChI=1S/C22H26N2O3/c1-22(2,3)21(27)24-12-6-7-16(14-24)19-13-15(10-11-23-19)17-8-4-5-9-18(17)20(25)26/h4-5,8-11,13,16H,6-7,12,14H2,1-3H3,(H,25,26)/t16-/m1/s1. The van der Waals surface area contributed by atoms with Crippen molar-refractivity contribution in [1.29, 1.82) is 0 Å². The van der Waals surface area contributed by atoms with Crippen molar-refractivity contribution in [3.63, 3.8) is 0 Å². The van der Waals surface area contributed by atoms with Crippen LogP contribution in [-0.4, -0.2) is 40.0 Å². The fourth-order valence-electron chi connectivity index (χ4n) is 3.64. The van der Waals surface area contributed by atoms with E-state index in [1.54, 1.807) is 18.3 Å². The number of nitrogens with zero attached hydrogens (tertiary/aromatic N) is 2. The number of carboxylic acid groups (broad SMARTS) is 1. The van der Waals surface area contributed by atoms with Crippen LogP contribution in [0.1, 0.15) is 55.6 Å². The Morgan fingerprint density at radius 2 is 1.93 bits per heavy atom. The number of pyridine rings is 1. The smallest absolute Gasteiger partial charge is 0.336 e. The van der Waals surface area contributed by atoms with E-state index in [1.165, 1.54) is 0 Å². The molecule has 0 saturated carbocycles. The van der Waals surface area contributed by atoms with Gasteiger partial charge in [-0.1, -0.05) is 39.0 Å². The molecule has 1 aromatic heterocycles. The molecule has 1 atom stereocenters. The number of likely N-dealkylation sites (tertiary alicyclic amines) is 1. The number of rotatable bonds is 3. The van der Waals surface area contributed by atoms with Crippen LogP contribution in [0.25, 0.3) is 11.1 Å². The summed E-state index contributed by atoms with van der Waals surface area (Å²) in [6.45, 7) is 7.28. The van der Waals surface area contributed by atoms with Gasteiger partial charge in [-0.3, -0.25) is 9.78 Å². The predicted octanol–water partition coefficient (Wildman–Crippen LogP) is 4.20. The van der Waals surface area contributed by atoms with Gasteiger partial charge in [0.2, 0.25) is 5.91 Å². The predicted molar refractivity (Wildman–Crippen MR) is 105 cm³/mol. The van der Waals surface area contributed by atoms with Crippen LogP contribution in [0.4, 0.5) is 0 Å². The fourth-order valence-corrected chi connectivity index (χ4v) is 3.64. The van der Waals surface area contributed by atoms with Gasteiger partial charge in [0.05, 0.1) is 5.56 Å². The maximum absolute atomic E-state index is 12.6. The van der Waals surface area contributed by atoms with Gasteiger partial charge in [0.15, 0.2) is 0 Å². The lowest BCUT2D eigenvalue weighted by atomic mass is 9.89. The number of hydrogen-bond acceptors (Lipinski definition) is 3. The summed E-state index contributed by atoms with van der Waals surface area (Å²) in [5, 5.41) is 9.46. The van der Waals surface area contributed by atoms with Crippen LogP contribution in [0.5, 0.6) is 0 Å². The SMILES string of the molecule is CC(C)(C)C(=O)N1CCC[C@@H](c2cc(-c3ccccc3C(=O)O)ccn2)C1. The average Bonchev–Trinajstić information content (AvgIpc) is 2.67. The molecule has 1 amide bonds. The second-order valence-corrected chi connectivity index (χ2v) is 8.16. The molecule has 0 bridgehead atoms. The van der Waals surface area contributed by atoms with Crippen molar-refractivity contribution in [2.24, 2.45) is 5.41 Å². The van der Waals surface area contributed by atoms with Gasteiger partial charge < -0.3 is 10.0 Å². The van der Waals surface area contributed by atoms with Gasteiger partial charge >= 0.3 is 5.97 Å². The first-order valence-electron chi connectivity index (χ1n) is 9.35. The van der Waals surface area contributed by atoms with Crippen LogP contribution in [0.3, 0.4) is 0 Å². The van der Waals surface area contributed by atoms with Gasteiger partial charge in [-0.2, -0.15) is 0 Å². The average molecular weight is 366 g/mol. The molecule has 1 N–H and O–H groups in total. The van der Waals surface area contributed by atoms with Crippen molar-refractivity contribution in [2.75, 3.05) is 13.1 Å². The number of aromatic carboxylic acids is 1. The lowest BCUT2D eigenvalue weighted by Crippen LogP contribution is -2.44. The van der Waals surface area contributed by atoms with Crippen molar-refractivity contribution in [1.82, 2.24) is 9.88 Å². The van der Waals surface area contributed by atoms with Crippen LogP contribution in [-0.2, 0) is 4.79 Å². The summed E-state index contributed by atoms with van der Waals surface area (Å²) in [5.74, 6) is -0.606. The molecule has 5 heteroatoms. The molecule has 142 valence electrons. The van der Waals surface area contributed by atoms with Gasteiger partial charge in [-0.05, 0) is 42.2 Å². The highest BCUT2D eigenvalue weighted by molar-refractivity contribution is 5.96. The molecule has 1 fully saturated rings. The Balaban J connectivity index is 1.88. The van der Waals surface area contributed by atoms with E-state index in [9.17, 15) is 14.7 Å². The van der Waals surface area contributed by atoms with Crippen molar-refractivity contribution in [2.45, 2.75) is 39.5 Å². The van der Waals surface area contributed by atoms with Gasteiger partial charge in [-0.25, -0.2) is 4.79 Å². The van der Waals surface area contributed by atoms with E-state index in [1.807, 2.05) is 49.9 Å². The second-order valence-electron chi connectivity index (χ2n) is 8.16. The highest BCUT2D eigenvalue weighted by Gasteiger charge is 2.32. The van der Waals surface area contributed by atoms with Crippen LogP contribution in [0.15, 0.2) is 42.6 Å². The summed E-state index contributed by atoms with van der Waals surface area (Å²) in [5.41, 5.74) is 2.34. The number of hydrogen-bond donors (Lipinski definition) is 1. The molecule has 1 aliphatic heterocycles. The molecule has 0 spiro atoms. The number of benzene rings is 1. The highest BCUT2D eigenvalue weighted by Crippen LogP contribution is 2.31. The third kappa shape index (κ3) is 4.18. The Morgan fingerprint density at radius 3 is 2.63 bits per heavy atom. The molecule has 1 aromatic carbocycles. The van der Waals surface area contributed by atoms with Gasteiger partial charge in [0, 0.05) is 36.3 Å². The summed E-state index contributed by atoms with van der Waals surface area (Å²) in [7, 11) is 0. The first-order chi connectivity index (χ1) is 12.8. The minimum absolute atomic E-state index is 0.166. The molecule has 0 unspecified atom stereocenters. The van der Waals surface area contributed by atoms with Gasteiger partial charge in [0.1, 0.15) is 0 Å². The van der Waals surface area contributed by atoms with Gasteiger partial charge in [-0.15, -0.1) is 0 Å². The zero-order chi connectivity index (χ0) is 19.6. The minimum atomic E-state index is -0.941. The van der Waals surface area contributed by atoms with E-state index in [2.05, 4.69) is 4.98 Å². The number of carboxylic acids is 1. The van der Waals surface area contributed by atoms with Crippen molar-refractivity contribution in [3.8, 4) is 11.1 Å². The molecule has 2 heterocycles. The Labute approximate surface area is 160 Å². The normalized spacial score (nSPS) is 17.6. The van der Waals surface area contributed by atoms with Crippen LogP contribution in [0, 0.1) is 5.41 Å². The van der Waals surface area contributed by atoms with Crippen molar-refractivity contribution < 1.29 is 14.7 Å². The summed E-state index contributed by atoms with van der Waals surface area (Å²) >= 11 is 0. The second kappa shape index (κ2) is 7.51. The number of aromatic nitrogens is 1. The summed E-state index contributed by atoms with van der Waals surface area (Å²) in [6.07, 6.45) is 3.66. The number of amides is 1. The van der Waals surface area contributed by atoms with E-state index in [0.29, 0.717) is 12.1 Å².